The van der Waals surface area contributed by atoms with Crippen LogP contribution in [-0.2, 0) is 38.4 Å². The van der Waals surface area contributed by atoms with Crippen molar-refractivity contribution in [1.82, 2.24) is 31.5 Å². The second-order valence-electron chi connectivity index (χ2n) is 15.0. The van der Waals surface area contributed by atoms with Crippen molar-refractivity contribution in [1.29, 1.82) is 0 Å². The molecule has 6 atom stereocenters. The first-order valence-electron chi connectivity index (χ1n) is 18.7. The quantitative estimate of drug-likeness (QED) is 0.0276. The summed E-state index contributed by atoms with van der Waals surface area (Å²) >= 11 is 0. The van der Waals surface area contributed by atoms with E-state index in [1.165, 1.54) is 4.90 Å². The molecule has 312 valence electrons. The number of primary amides is 1. The fourth-order valence-corrected chi connectivity index (χ4v) is 5.86. The molecule has 7 amide bonds. The molecular weight excluding hydrogens is 718 g/mol. The molecule has 0 saturated carbocycles. The molecule has 0 aromatic rings. The molecule has 1 heterocycles. The minimum atomic E-state index is -1.31. The maximum Gasteiger partial charge on any atom is 0.326 e. The lowest BCUT2D eigenvalue weighted by Crippen LogP contribution is -2.58. The van der Waals surface area contributed by atoms with Crippen LogP contribution in [0.5, 0.6) is 0 Å². The predicted molar refractivity (Wildman–Crippen MR) is 203 cm³/mol. The Morgan fingerprint density at radius 1 is 0.764 bits per heavy atom. The number of amides is 7. The SMILES string of the molecule is CC(C)C[C@H](NC(=O)[C@@H](N)C(C)C)C(=O)N[C@@H](CCC(N)=O)C(=O)NCC(=O)N[C@@H](CC(C)C)C(=O)N1CCC[C@H]1C(=O)N[C@@H](CCCN=C(N)N)C(=O)O. The van der Waals surface area contributed by atoms with E-state index in [1.807, 2.05) is 27.7 Å². The van der Waals surface area contributed by atoms with E-state index in [-0.39, 0.29) is 81.7 Å². The number of carboxylic acid groups (broad SMARTS) is 1. The zero-order valence-corrected chi connectivity index (χ0v) is 32.9. The van der Waals surface area contributed by atoms with Gasteiger partial charge in [0.25, 0.3) is 0 Å². The Morgan fingerprint density at radius 2 is 1.36 bits per heavy atom. The fraction of sp³-hybridized carbons (Fsp3) is 0.743. The summed E-state index contributed by atoms with van der Waals surface area (Å²) in [6.07, 6.45) is 1.01. The van der Waals surface area contributed by atoms with Gasteiger partial charge in [0, 0.05) is 19.5 Å². The molecule has 55 heavy (non-hydrogen) atoms. The van der Waals surface area contributed by atoms with Crippen LogP contribution in [0.25, 0.3) is 0 Å². The van der Waals surface area contributed by atoms with Gasteiger partial charge in [0.15, 0.2) is 5.96 Å². The molecule has 0 aromatic carbocycles. The van der Waals surface area contributed by atoms with Crippen molar-refractivity contribution in [2.75, 3.05) is 19.6 Å². The number of hydrogen-bond acceptors (Lipinski definition) is 10. The van der Waals surface area contributed by atoms with Crippen molar-refractivity contribution in [3.05, 3.63) is 0 Å². The molecule has 0 aliphatic carbocycles. The predicted octanol–water partition coefficient (Wildman–Crippen LogP) is -2.49. The average Bonchev–Trinajstić information content (AvgIpc) is 3.58. The number of hydrogen-bond donors (Lipinski definition) is 10. The minimum Gasteiger partial charge on any atom is -0.480 e. The Morgan fingerprint density at radius 3 is 1.91 bits per heavy atom. The molecule has 20 nitrogen and oxygen atoms in total. The van der Waals surface area contributed by atoms with Gasteiger partial charge in [-0.3, -0.25) is 38.6 Å². The van der Waals surface area contributed by atoms with Crippen LogP contribution in [0.2, 0.25) is 0 Å². The average molecular weight is 782 g/mol. The van der Waals surface area contributed by atoms with Crippen molar-refractivity contribution in [3.8, 4) is 0 Å². The maximum atomic E-state index is 13.8. The van der Waals surface area contributed by atoms with E-state index < -0.39 is 90.1 Å². The standard InChI is InChI=1S/C35H63N11O9/c1-18(2)15-23(45-32(52)28(37)20(5)6)30(50)43-21(11-12-26(36)47)29(49)41-17-27(48)42-24(16-19(3)4)33(53)46-14-8-10-25(46)31(51)44-22(34(54)55)9-7-13-40-35(38)39/h18-25,28H,7-17,37H2,1-6H3,(H2,36,47)(H,41,49)(H,42,48)(H,43,50)(H,44,51)(H,45,52)(H,54,55)(H4,38,39,40)/t21-,22-,23-,24-,25-,28-/m0/s1. The Balaban J connectivity index is 3.04. The number of carbonyl (C=O) groups excluding carboxylic acids is 7. The number of aliphatic carboxylic acids is 1. The van der Waals surface area contributed by atoms with Gasteiger partial charge in [-0.15, -0.1) is 0 Å². The van der Waals surface area contributed by atoms with Crippen LogP contribution in [0.4, 0.5) is 0 Å². The van der Waals surface area contributed by atoms with Crippen LogP contribution in [0, 0.1) is 17.8 Å². The number of guanidine groups is 1. The molecule has 0 unspecified atom stereocenters. The molecule has 0 spiro atoms. The van der Waals surface area contributed by atoms with E-state index in [9.17, 15) is 43.5 Å². The number of nitrogens with zero attached hydrogens (tertiary/aromatic N) is 2. The third-order valence-corrected chi connectivity index (χ3v) is 8.84. The van der Waals surface area contributed by atoms with Gasteiger partial charge in [0.05, 0.1) is 12.6 Å². The zero-order valence-electron chi connectivity index (χ0n) is 32.9. The van der Waals surface area contributed by atoms with Gasteiger partial charge < -0.3 is 59.5 Å². The van der Waals surface area contributed by atoms with Crippen molar-refractivity contribution >= 4 is 53.3 Å². The summed E-state index contributed by atoms with van der Waals surface area (Å²) in [4.78, 5) is 108. The third kappa shape index (κ3) is 17.8. The normalized spacial score (nSPS) is 16.7. The summed E-state index contributed by atoms with van der Waals surface area (Å²) in [5.74, 6) is -6.44. The number of nitrogens with one attached hydrogen (secondary N) is 5. The van der Waals surface area contributed by atoms with Gasteiger partial charge >= 0.3 is 5.97 Å². The second-order valence-corrected chi connectivity index (χ2v) is 15.0. The lowest BCUT2D eigenvalue weighted by Gasteiger charge is -2.30. The van der Waals surface area contributed by atoms with Gasteiger partial charge in [-0.25, -0.2) is 4.79 Å². The molecule has 0 bridgehead atoms. The molecule has 14 N–H and O–H groups in total. The lowest BCUT2D eigenvalue weighted by molar-refractivity contribution is -0.145. The number of rotatable bonds is 24. The van der Waals surface area contributed by atoms with Gasteiger partial charge in [0.2, 0.25) is 41.4 Å². The molecule has 0 radical (unpaired) electrons. The lowest BCUT2D eigenvalue weighted by atomic mass is 10.00. The van der Waals surface area contributed by atoms with Gasteiger partial charge in [0.1, 0.15) is 30.2 Å². The summed E-state index contributed by atoms with van der Waals surface area (Å²) in [6.45, 7) is 10.6. The van der Waals surface area contributed by atoms with Crippen molar-refractivity contribution < 1.29 is 43.5 Å². The summed E-state index contributed by atoms with van der Waals surface area (Å²) < 4.78 is 0. The van der Waals surface area contributed by atoms with E-state index in [4.69, 9.17) is 22.9 Å². The smallest absolute Gasteiger partial charge is 0.326 e. The molecule has 1 aliphatic rings. The third-order valence-electron chi connectivity index (χ3n) is 8.84. The number of likely N-dealkylation sites (tertiary alicyclic amines) is 1. The Labute approximate surface area is 322 Å². The van der Waals surface area contributed by atoms with Crippen LogP contribution in [0.1, 0.15) is 92.9 Å². The number of carbonyl (C=O) groups is 8. The van der Waals surface area contributed by atoms with Crippen LogP contribution in [0.15, 0.2) is 4.99 Å². The highest BCUT2D eigenvalue weighted by Gasteiger charge is 2.39. The highest BCUT2D eigenvalue weighted by atomic mass is 16.4. The van der Waals surface area contributed by atoms with E-state index in [1.54, 1.807) is 13.8 Å². The van der Waals surface area contributed by atoms with Crippen molar-refractivity contribution in [2.24, 2.45) is 45.7 Å². The molecular formula is C35H63N11O9. The van der Waals surface area contributed by atoms with Crippen molar-refractivity contribution in [2.45, 2.75) is 129 Å². The zero-order chi connectivity index (χ0) is 42.0. The molecule has 1 saturated heterocycles. The minimum absolute atomic E-state index is 0.0332. The molecule has 1 fully saturated rings. The topological polar surface area (TPSA) is 337 Å². The first-order valence-corrected chi connectivity index (χ1v) is 18.7. The summed E-state index contributed by atoms with van der Waals surface area (Å²) in [5, 5.41) is 22.4. The van der Waals surface area contributed by atoms with E-state index in [0.717, 1.165) is 0 Å². The van der Waals surface area contributed by atoms with Crippen LogP contribution in [0.3, 0.4) is 0 Å². The van der Waals surface area contributed by atoms with Gasteiger partial charge in [-0.1, -0.05) is 41.5 Å². The molecule has 0 aromatic heterocycles. The van der Waals surface area contributed by atoms with Crippen molar-refractivity contribution in [3.63, 3.8) is 0 Å². The molecule has 20 heteroatoms. The summed E-state index contributed by atoms with van der Waals surface area (Å²) in [6, 6.07) is -6.54. The van der Waals surface area contributed by atoms with Crippen LogP contribution >= 0.6 is 0 Å². The summed E-state index contributed by atoms with van der Waals surface area (Å²) in [5.41, 5.74) is 21.9. The molecule has 1 rings (SSSR count). The maximum absolute atomic E-state index is 13.8. The largest absolute Gasteiger partial charge is 0.480 e. The number of carboxylic acids is 1. The van der Waals surface area contributed by atoms with Gasteiger partial charge in [-0.2, -0.15) is 0 Å². The Bertz CT molecular complexity index is 1390. The Kier molecular flexibility index (Phi) is 20.7. The van der Waals surface area contributed by atoms with Crippen LogP contribution in [-0.4, -0.2) is 119 Å². The van der Waals surface area contributed by atoms with E-state index >= 15 is 0 Å². The van der Waals surface area contributed by atoms with E-state index in [0.29, 0.717) is 6.42 Å². The highest BCUT2D eigenvalue weighted by molar-refractivity contribution is 5.96. The second kappa shape index (κ2) is 23.7. The monoisotopic (exact) mass is 781 g/mol. The van der Waals surface area contributed by atoms with Crippen LogP contribution < -0.4 is 49.5 Å². The summed E-state index contributed by atoms with van der Waals surface area (Å²) in [7, 11) is 0. The number of aliphatic imine (C=N–C) groups is 1. The highest BCUT2D eigenvalue weighted by Crippen LogP contribution is 2.21. The first kappa shape index (κ1) is 48.0. The fourth-order valence-electron chi connectivity index (χ4n) is 5.86. The number of nitrogens with two attached hydrogens (primary N) is 4. The molecule has 1 aliphatic heterocycles. The van der Waals surface area contributed by atoms with Gasteiger partial charge in [-0.05, 0) is 62.7 Å². The Hall–Kier alpha value is -5.01. The first-order chi connectivity index (χ1) is 25.6. The van der Waals surface area contributed by atoms with E-state index in [2.05, 4.69) is 31.6 Å².